The van der Waals surface area contributed by atoms with E-state index in [1.165, 1.54) is 0 Å². The summed E-state index contributed by atoms with van der Waals surface area (Å²) in [6.07, 6.45) is 0. The van der Waals surface area contributed by atoms with Crippen molar-refractivity contribution >= 4 is 16.9 Å². The lowest BCUT2D eigenvalue weighted by Crippen LogP contribution is -2.47. The van der Waals surface area contributed by atoms with Crippen molar-refractivity contribution in [3.05, 3.63) is 65.4 Å². The van der Waals surface area contributed by atoms with E-state index in [4.69, 9.17) is 9.15 Å². The summed E-state index contributed by atoms with van der Waals surface area (Å²) in [4.78, 5) is 17.2. The minimum atomic E-state index is 0.0413. The molecule has 1 amide bonds. The van der Waals surface area contributed by atoms with Crippen molar-refractivity contribution in [2.24, 2.45) is 0 Å². The maximum absolute atomic E-state index is 13.1. The van der Waals surface area contributed by atoms with Gasteiger partial charge in [-0.2, -0.15) is 0 Å². The summed E-state index contributed by atoms with van der Waals surface area (Å²) in [6.45, 7) is 5.62. The molecule has 140 valence electrons. The van der Waals surface area contributed by atoms with Gasteiger partial charge in [-0.05, 0) is 37.7 Å². The van der Waals surface area contributed by atoms with Gasteiger partial charge in [-0.25, -0.2) is 0 Å². The first-order chi connectivity index (χ1) is 13.1. The zero-order chi connectivity index (χ0) is 18.8. The van der Waals surface area contributed by atoms with Crippen LogP contribution in [0.2, 0.25) is 0 Å². The highest BCUT2D eigenvalue weighted by Crippen LogP contribution is 2.30. The van der Waals surface area contributed by atoms with Gasteiger partial charge in [0.1, 0.15) is 23.7 Å². The molecular formula is C22H24N2O3. The lowest BCUT2D eigenvalue weighted by molar-refractivity contribution is 0.0664. The van der Waals surface area contributed by atoms with Crippen molar-refractivity contribution in [3.8, 4) is 5.75 Å². The molecule has 0 spiro atoms. The number of hydrogen-bond donors (Lipinski definition) is 0. The number of piperazine rings is 1. The molecule has 27 heavy (non-hydrogen) atoms. The predicted octanol–water partition coefficient (Wildman–Crippen LogP) is 3.71. The van der Waals surface area contributed by atoms with Crippen molar-refractivity contribution in [3.63, 3.8) is 0 Å². The molecule has 1 aliphatic rings. The minimum absolute atomic E-state index is 0.0413. The second-order valence-corrected chi connectivity index (χ2v) is 7.06. The average molecular weight is 364 g/mol. The molecule has 0 N–H and O–H groups in total. The summed E-state index contributed by atoms with van der Waals surface area (Å²) in [6, 6.07) is 15.7. The molecule has 5 heteroatoms. The molecule has 2 aromatic carbocycles. The van der Waals surface area contributed by atoms with Crippen molar-refractivity contribution in [1.82, 2.24) is 9.80 Å². The van der Waals surface area contributed by atoms with Gasteiger partial charge in [-0.1, -0.05) is 30.3 Å². The van der Waals surface area contributed by atoms with Crippen LogP contribution in [0.15, 0.2) is 52.9 Å². The molecule has 3 aromatic rings. The fourth-order valence-corrected chi connectivity index (χ4v) is 3.46. The maximum atomic E-state index is 13.1. The standard InChI is InChI=1S/C22H24N2O3/c1-16-21(22(25)24-12-10-23(2)11-13-24)19-14-18(8-9-20(19)27-16)26-15-17-6-4-3-5-7-17/h3-9,14H,10-13,15H2,1-2H3. The van der Waals surface area contributed by atoms with E-state index >= 15 is 0 Å². The number of hydrogen-bond acceptors (Lipinski definition) is 4. The molecule has 1 fully saturated rings. The number of carbonyl (C=O) groups is 1. The highest BCUT2D eigenvalue weighted by Gasteiger charge is 2.26. The summed E-state index contributed by atoms with van der Waals surface area (Å²) in [5.41, 5.74) is 2.48. The Morgan fingerprint density at radius 3 is 2.56 bits per heavy atom. The van der Waals surface area contributed by atoms with Gasteiger partial charge in [0.2, 0.25) is 0 Å². The zero-order valence-corrected chi connectivity index (χ0v) is 15.8. The van der Waals surface area contributed by atoms with Crippen LogP contribution in [0.25, 0.3) is 11.0 Å². The van der Waals surface area contributed by atoms with Crippen LogP contribution in [0.3, 0.4) is 0 Å². The molecular weight excluding hydrogens is 340 g/mol. The first kappa shape index (κ1) is 17.6. The van der Waals surface area contributed by atoms with Crippen LogP contribution in [0.4, 0.5) is 0 Å². The predicted molar refractivity (Wildman–Crippen MR) is 105 cm³/mol. The van der Waals surface area contributed by atoms with Gasteiger partial charge in [0, 0.05) is 31.6 Å². The lowest BCUT2D eigenvalue weighted by atomic mass is 10.1. The minimum Gasteiger partial charge on any atom is -0.489 e. The number of furan rings is 1. The van der Waals surface area contributed by atoms with E-state index in [0.29, 0.717) is 17.9 Å². The summed E-state index contributed by atoms with van der Waals surface area (Å²) >= 11 is 0. The summed E-state index contributed by atoms with van der Waals surface area (Å²) in [5, 5.41) is 0.821. The largest absolute Gasteiger partial charge is 0.489 e. The van der Waals surface area contributed by atoms with Crippen molar-refractivity contribution in [1.29, 1.82) is 0 Å². The number of amides is 1. The molecule has 1 saturated heterocycles. The Balaban J connectivity index is 1.59. The Morgan fingerprint density at radius 2 is 1.81 bits per heavy atom. The number of ether oxygens (including phenoxy) is 1. The van der Waals surface area contributed by atoms with Crippen molar-refractivity contribution in [2.75, 3.05) is 33.2 Å². The van der Waals surface area contributed by atoms with Crippen molar-refractivity contribution in [2.45, 2.75) is 13.5 Å². The van der Waals surface area contributed by atoms with Crippen LogP contribution in [0.5, 0.6) is 5.75 Å². The smallest absolute Gasteiger partial charge is 0.258 e. The molecule has 1 aromatic heterocycles. The number of fused-ring (bicyclic) bond motifs is 1. The van der Waals surface area contributed by atoms with E-state index in [-0.39, 0.29) is 5.91 Å². The van der Waals surface area contributed by atoms with E-state index in [0.717, 1.165) is 48.5 Å². The van der Waals surface area contributed by atoms with E-state index in [1.807, 2.05) is 60.4 Å². The number of benzene rings is 2. The monoisotopic (exact) mass is 364 g/mol. The average Bonchev–Trinajstić information content (AvgIpc) is 3.02. The number of nitrogens with zero attached hydrogens (tertiary/aromatic N) is 2. The highest BCUT2D eigenvalue weighted by molar-refractivity contribution is 6.07. The fraction of sp³-hybridized carbons (Fsp3) is 0.318. The molecule has 5 nitrogen and oxygen atoms in total. The Bertz CT molecular complexity index is 941. The van der Waals surface area contributed by atoms with Crippen LogP contribution >= 0.6 is 0 Å². The van der Waals surface area contributed by atoms with Gasteiger partial charge in [-0.3, -0.25) is 4.79 Å². The van der Waals surface area contributed by atoms with E-state index in [9.17, 15) is 4.79 Å². The fourth-order valence-electron chi connectivity index (χ4n) is 3.46. The molecule has 0 radical (unpaired) electrons. The van der Waals surface area contributed by atoms with E-state index < -0.39 is 0 Å². The lowest BCUT2D eigenvalue weighted by Gasteiger charge is -2.32. The molecule has 0 bridgehead atoms. The van der Waals surface area contributed by atoms with Crippen LogP contribution < -0.4 is 4.74 Å². The second-order valence-electron chi connectivity index (χ2n) is 7.06. The van der Waals surface area contributed by atoms with Crippen LogP contribution in [0.1, 0.15) is 21.7 Å². The molecule has 2 heterocycles. The molecule has 0 aliphatic carbocycles. The van der Waals surface area contributed by atoms with E-state index in [2.05, 4.69) is 11.9 Å². The first-order valence-electron chi connectivity index (χ1n) is 9.29. The zero-order valence-electron chi connectivity index (χ0n) is 15.8. The molecule has 0 saturated carbocycles. The van der Waals surface area contributed by atoms with Gasteiger partial charge in [0.05, 0.1) is 5.56 Å². The molecule has 0 atom stereocenters. The topological polar surface area (TPSA) is 45.9 Å². The summed E-state index contributed by atoms with van der Waals surface area (Å²) < 4.78 is 11.8. The third-order valence-electron chi connectivity index (χ3n) is 5.09. The van der Waals surface area contributed by atoms with Gasteiger partial charge in [-0.15, -0.1) is 0 Å². The molecule has 1 aliphatic heterocycles. The maximum Gasteiger partial charge on any atom is 0.258 e. The SMILES string of the molecule is Cc1oc2ccc(OCc3ccccc3)cc2c1C(=O)N1CCN(C)CC1. The van der Waals surface area contributed by atoms with Gasteiger partial charge < -0.3 is 19.0 Å². The Morgan fingerprint density at radius 1 is 1.07 bits per heavy atom. The third-order valence-corrected chi connectivity index (χ3v) is 5.09. The highest BCUT2D eigenvalue weighted by atomic mass is 16.5. The Kier molecular flexibility index (Phi) is 4.86. The van der Waals surface area contributed by atoms with Gasteiger partial charge in [0.25, 0.3) is 5.91 Å². The summed E-state index contributed by atoms with van der Waals surface area (Å²) in [5.74, 6) is 1.44. The van der Waals surface area contributed by atoms with Crippen LogP contribution in [-0.2, 0) is 6.61 Å². The number of likely N-dealkylation sites (N-methyl/N-ethyl adjacent to an activating group) is 1. The van der Waals surface area contributed by atoms with Crippen molar-refractivity contribution < 1.29 is 13.9 Å². The van der Waals surface area contributed by atoms with Crippen LogP contribution in [-0.4, -0.2) is 48.9 Å². The third kappa shape index (κ3) is 3.69. The quantitative estimate of drug-likeness (QED) is 0.708. The second kappa shape index (κ2) is 7.45. The summed E-state index contributed by atoms with van der Waals surface area (Å²) in [7, 11) is 2.08. The van der Waals surface area contributed by atoms with Gasteiger partial charge >= 0.3 is 0 Å². The normalized spacial score (nSPS) is 15.3. The molecule has 4 rings (SSSR count). The van der Waals surface area contributed by atoms with E-state index in [1.54, 1.807) is 0 Å². The number of aryl methyl sites for hydroxylation is 1. The van der Waals surface area contributed by atoms with Gasteiger partial charge in [0.15, 0.2) is 0 Å². The number of rotatable bonds is 4. The first-order valence-corrected chi connectivity index (χ1v) is 9.29. The Labute approximate surface area is 159 Å². The number of carbonyl (C=O) groups excluding carboxylic acids is 1. The van der Waals surface area contributed by atoms with Crippen LogP contribution in [0, 0.1) is 6.92 Å². The molecule has 0 unspecified atom stereocenters. The Hall–Kier alpha value is -2.79.